The second kappa shape index (κ2) is 8.09. The van der Waals surface area contributed by atoms with Crippen molar-refractivity contribution in [3.63, 3.8) is 0 Å². The van der Waals surface area contributed by atoms with E-state index in [1.807, 2.05) is 29.2 Å². The number of halogens is 2. The molecule has 1 saturated heterocycles. The first kappa shape index (κ1) is 19.2. The minimum Gasteiger partial charge on any atom is -0.392 e. The summed E-state index contributed by atoms with van der Waals surface area (Å²) in [5.74, 6) is 0.536. The summed E-state index contributed by atoms with van der Waals surface area (Å²) in [5, 5.41) is 14.1. The number of carbonyl (C=O) groups excluding carboxylic acids is 1. The van der Waals surface area contributed by atoms with E-state index in [-0.39, 0.29) is 5.91 Å². The second-order valence-corrected chi connectivity index (χ2v) is 7.77. The number of fused-ring (bicyclic) bond motifs is 1. The number of aromatic nitrogens is 2. The molecule has 6 nitrogen and oxygen atoms in total. The predicted octanol–water partition coefficient (Wildman–Crippen LogP) is 3.12. The van der Waals surface area contributed by atoms with Gasteiger partial charge in [0.2, 0.25) is 5.91 Å². The Hall–Kier alpha value is -2.12. The van der Waals surface area contributed by atoms with Crippen LogP contribution >= 0.6 is 23.2 Å². The molecule has 1 aliphatic heterocycles. The predicted molar refractivity (Wildman–Crippen MR) is 109 cm³/mol. The smallest absolute Gasteiger partial charge is 0.237 e. The van der Waals surface area contributed by atoms with E-state index in [0.29, 0.717) is 41.9 Å². The lowest BCUT2D eigenvalue weighted by atomic mass is 10.1. The number of nitrogens with zero attached hydrogens (tertiary/aromatic N) is 2. The van der Waals surface area contributed by atoms with Crippen molar-refractivity contribution in [3.05, 3.63) is 63.9 Å². The van der Waals surface area contributed by atoms with Gasteiger partial charge in [-0.3, -0.25) is 9.69 Å². The fourth-order valence-corrected chi connectivity index (χ4v) is 4.11. The molecular formula is C20H20Cl2N4O2. The van der Waals surface area contributed by atoms with Crippen LogP contribution in [-0.4, -0.2) is 44.6 Å². The lowest BCUT2D eigenvalue weighted by molar-refractivity contribution is -0.125. The Bertz CT molecular complexity index is 954. The third kappa shape index (κ3) is 4.00. The fourth-order valence-electron chi connectivity index (χ4n) is 3.59. The summed E-state index contributed by atoms with van der Waals surface area (Å²) in [6.45, 7) is 1.09. The highest BCUT2D eigenvalue weighted by molar-refractivity contribution is 6.35. The molecule has 2 aromatic carbocycles. The lowest BCUT2D eigenvalue weighted by Gasteiger charge is -2.24. The molecule has 1 aliphatic rings. The molecule has 0 bridgehead atoms. The highest BCUT2D eigenvalue weighted by Gasteiger charge is 2.36. The molecule has 28 heavy (non-hydrogen) atoms. The maximum Gasteiger partial charge on any atom is 0.237 e. The molecule has 1 fully saturated rings. The number of aliphatic hydroxyl groups is 1. The van der Waals surface area contributed by atoms with Crippen LogP contribution in [0, 0.1) is 0 Å². The molecule has 8 heteroatoms. The van der Waals surface area contributed by atoms with Gasteiger partial charge in [-0.25, -0.2) is 4.98 Å². The Balaban J connectivity index is 1.44. The number of benzene rings is 2. The summed E-state index contributed by atoms with van der Waals surface area (Å²) in [5.41, 5.74) is 2.55. The summed E-state index contributed by atoms with van der Waals surface area (Å²) in [4.78, 5) is 22.3. The first-order valence-electron chi connectivity index (χ1n) is 9.07. The van der Waals surface area contributed by atoms with Crippen molar-refractivity contribution in [2.24, 2.45) is 0 Å². The molecule has 3 aromatic rings. The van der Waals surface area contributed by atoms with Crippen LogP contribution in [0.1, 0.15) is 17.8 Å². The monoisotopic (exact) mass is 418 g/mol. The van der Waals surface area contributed by atoms with Crippen LogP contribution in [0.4, 0.5) is 0 Å². The number of carbonyl (C=O) groups is 1. The number of β-amino-alcohol motifs (C(OH)–C–C–N with tert-alkyl or cyclic N) is 1. The Kier molecular flexibility index (Phi) is 5.55. The van der Waals surface area contributed by atoms with Crippen molar-refractivity contribution in [1.82, 2.24) is 20.2 Å². The van der Waals surface area contributed by atoms with E-state index in [2.05, 4.69) is 15.3 Å². The van der Waals surface area contributed by atoms with Crippen molar-refractivity contribution in [2.45, 2.75) is 31.7 Å². The minimum atomic E-state index is -0.566. The molecular weight excluding hydrogens is 399 g/mol. The summed E-state index contributed by atoms with van der Waals surface area (Å²) >= 11 is 12.5. The van der Waals surface area contributed by atoms with E-state index < -0.39 is 12.1 Å². The summed E-state index contributed by atoms with van der Waals surface area (Å²) in [6, 6.07) is 12.6. The molecule has 4 rings (SSSR count). The molecule has 0 spiro atoms. The average molecular weight is 419 g/mol. The van der Waals surface area contributed by atoms with Gasteiger partial charge < -0.3 is 15.4 Å². The van der Waals surface area contributed by atoms with E-state index in [9.17, 15) is 9.90 Å². The number of likely N-dealkylation sites (tertiary alicyclic amines) is 1. The van der Waals surface area contributed by atoms with E-state index in [0.717, 1.165) is 16.6 Å². The zero-order valence-corrected chi connectivity index (χ0v) is 16.5. The third-order valence-electron chi connectivity index (χ3n) is 4.98. The van der Waals surface area contributed by atoms with Crippen LogP contribution in [0.2, 0.25) is 10.0 Å². The molecule has 2 atom stereocenters. The number of H-pyrrole nitrogens is 1. The molecule has 2 heterocycles. The van der Waals surface area contributed by atoms with Crippen molar-refractivity contribution >= 4 is 40.1 Å². The summed E-state index contributed by atoms with van der Waals surface area (Å²) < 4.78 is 0. The maximum atomic E-state index is 12.8. The van der Waals surface area contributed by atoms with Crippen LogP contribution in [-0.2, 0) is 17.9 Å². The number of nitrogens with one attached hydrogen (secondary N) is 2. The Morgan fingerprint density at radius 1 is 1.21 bits per heavy atom. The van der Waals surface area contributed by atoms with Crippen molar-refractivity contribution in [3.8, 4) is 0 Å². The number of para-hydroxylation sites is 2. The SMILES string of the molecule is O=C(NCc1nc2ccccc2[nH]1)[C@@H]1C[C@@H](O)CN1Cc1c(Cl)cccc1Cl. The molecule has 146 valence electrons. The highest BCUT2D eigenvalue weighted by Crippen LogP contribution is 2.29. The number of hydrogen-bond acceptors (Lipinski definition) is 4. The van der Waals surface area contributed by atoms with Gasteiger partial charge in [0.1, 0.15) is 5.82 Å². The maximum absolute atomic E-state index is 12.8. The van der Waals surface area contributed by atoms with Crippen LogP contribution in [0.25, 0.3) is 11.0 Å². The number of aromatic amines is 1. The van der Waals surface area contributed by atoms with Crippen LogP contribution < -0.4 is 5.32 Å². The van der Waals surface area contributed by atoms with Gasteiger partial charge in [-0.15, -0.1) is 0 Å². The zero-order valence-electron chi connectivity index (χ0n) is 15.0. The van der Waals surface area contributed by atoms with Gasteiger partial charge in [0.25, 0.3) is 0 Å². The Morgan fingerprint density at radius 2 is 1.96 bits per heavy atom. The van der Waals surface area contributed by atoms with Crippen LogP contribution in [0.3, 0.4) is 0 Å². The highest BCUT2D eigenvalue weighted by atomic mass is 35.5. The first-order chi connectivity index (χ1) is 13.5. The van der Waals surface area contributed by atoms with Gasteiger partial charge >= 0.3 is 0 Å². The minimum absolute atomic E-state index is 0.153. The van der Waals surface area contributed by atoms with Crippen molar-refractivity contribution in [1.29, 1.82) is 0 Å². The standard InChI is InChI=1S/C20H20Cl2N4O2/c21-14-4-3-5-15(22)13(14)11-26-10-12(27)8-18(26)20(28)23-9-19-24-16-6-1-2-7-17(16)25-19/h1-7,12,18,27H,8-11H2,(H,23,28)(H,24,25)/t12-,18+/m1/s1. The van der Waals surface area contributed by atoms with Crippen LogP contribution in [0.5, 0.6) is 0 Å². The number of imidazole rings is 1. The van der Waals surface area contributed by atoms with E-state index in [4.69, 9.17) is 23.2 Å². The Morgan fingerprint density at radius 3 is 2.71 bits per heavy atom. The molecule has 0 saturated carbocycles. The third-order valence-corrected chi connectivity index (χ3v) is 5.68. The average Bonchev–Trinajstić information content (AvgIpc) is 3.25. The van der Waals surface area contributed by atoms with Gasteiger partial charge in [0, 0.05) is 28.7 Å². The van der Waals surface area contributed by atoms with Gasteiger partial charge in [-0.1, -0.05) is 41.4 Å². The Labute approximate surface area is 172 Å². The number of amides is 1. The second-order valence-electron chi connectivity index (χ2n) is 6.95. The van der Waals surface area contributed by atoms with Crippen molar-refractivity contribution in [2.75, 3.05) is 6.54 Å². The molecule has 0 radical (unpaired) electrons. The molecule has 1 aromatic heterocycles. The molecule has 0 unspecified atom stereocenters. The summed E-state index contributed by atoms with van der Waals surface area (Å²) in [7, 11) is 0. The van der Waals surface area contributed by atoms with Crippen LogP contribution in [0.15, 0.2) is 42.5 Å². The molecule has 0 aliphatic carbocycles. The lowest BCUT2D eigenvalue weighted by Crippen LogP contribution is -2.42. The van der Waals surface area contributed by atoms with E-state index >= 15 is 0 Å². The van der Waals surface area contributed by atoms with Gasteiger partial charge in [0.15, 0.2) is 0 Å². The normalized spacial score (nSPS) is 20.0. The van der Waals surface area contributed by atoms with E-state index in [1.54, 1.807) is 18.2 Å². The van der Waals surface area contributed by atoms with Gasteiger partial charge in [-0.05, 0) is 30.7 Å². The summed E-state index contributed by atoms with van der Waals surface area (Å²) in [6.07, 6.45) is -0.197. The quantitative estimate of drug-likeness (QED) is 0.594. The zero-order chi connectivity index (χ0) is 19.7. The number of aliphatic hydroxyl groups excluding tert-OH is 1. The van der Waals surface area contributed by atoms with E-state index in [1.165, 1.54) is 0 Å². The largest absolute Gasteiger partial charge is 0.392 e. The van der Waals surface area contributed by atoms with Crippen molar-refractivity contribution < 1.29 is 9.90 Å². The number of rotatable bonds is 5. The fraction of sp³-hybridized carbons (Fsp3) is 0.300. The van der Waals surface area contributed by atoms with Gasteiger partial charge in [-0.2, -0.15) is 0 Å². The van der Waals surface area contributed by atoms with Gasteiger partial charge in [0.05, 0.1) is 29.7 Å². The number of hydrogen-bond donors (Lipinski definition) is 3. The topological polar surface area (TPSA) is 81.2 Å². The molecule has 3 N–H and O–H groups in total. The molecule has 1 amide bonds. The first-order valence-corrected chi connectivity index (χ1v) is 9.83.